The molecule has 0 aliphatic heterocycles. The van der Waals surface area contributed by atoms with Gasteiger partial charge in [0.15, 0.2) is 0 Å². The van der Waals surface area contributed by atoms with Gasteiger partial charge >= 0.3 is 0 Å². The van der Waals surface area contributed by atoms with Gasteiger partial charge in [0, 0.05) is 31.4 Å². The Kier molecular flexibility index (Phi) is 6.59. The number of rotatable bonds is 6. The summed E-state index contributed by atoms with van der Waals surface area (Å²) < 4.78 is 0. The first-order valence-electron chi connectivity index (χ1n) is 9.45. The number of hydrogen-bond acceptors (Lipinski definition) is 2. The van der Waals surface area contributed by atoms with Crippen LogP contribution in [0.5, 0.6) is 0 Å². The highest BCUT2D eigenvalue weighted by atomic mass is 16.2. The van der Waals surface area contributed by atoms with Crippen LogP contribution in [-0.2, 0) is 11.3 Å². The number of para-hydroxylation sites is 1. The van der Waals surface area contributed by atoms with Crippen molar-refractivity contribution in [1.29, 1.82) is 0 Å². The molecule has 0 fully saturated rings. The second-order valence-corrected chi connectivity index (χ2v) is 6.90. The molecule has 2 amide bonds. The molecule has 3 rings (SSSR count). The molecule has 4 heteroatoms. The fourth-order valence-corrected chi connectivity index (χ4v) is 2.92. The minimum Gasteiger partial charge on any atom is -0.345 e. The number of hydrogen-bond donors (Lipinski definition) is 0. The summed E-state index contributed by atoms with van der Waals surface area (Å²) in [5, 5.41) is 0. The van der Waals surface area contributed by atoms with Gasteiger partial charge in [-0.05, 0) is 41.5 Å². The summed E-state index contributed by atoms with van der Waals surface area (Å²) in [6.45, 7) is 0.490. The van der Waals surface area contributed by atoms with Gasteiger partial charge < -0.3 is 9.80 Å². The van der Waals surface area contributed by atoms with Crippen LogP contribution in [0.2, 0.25) is 0 Å². The average Bonchev–Trinajstić information content (AvgIpc) is 2.77. The van der Waals surface area contributed by atoms with Gasteiger partial charge in [-0.2, -0.15) is 0 Å². The van der Waals surface area contributed by atoms with Crippen molar-refractivity contribution in [3.8, 4) is 0 Å². The fourth-order valence-electron chi connectivity index (χ4n) is 2.92. The molecule has 3 aromatic rings. The van der Waals surface area contributed by atoms with Gasteiger partial charge in [0.25, 0.3) is 11.8 Å². The van der Waals surface area contributed by atoms with Crippen molar-refractivity contribution in [3.05, 3.63) is 108 Å². The van der Waals surface area contributed by atoms with Gasteiger partial charge in [-0.3, -0.25) is 9.59 Å². The second-order valence-electron chi connectivity index (χ2n) is 6.90. The first-order chi connectivity index (χ1) is 14.0. The van der Waals surface area contributed by atoms with Gasteiger partial charge in [0.05, 0.1) is 6.54 Å². The van der Waals surface area contributed by atoms with Gasteiger partial charge in [-0.1, -0.05) is 60.7 Å². The highest BCUT2D eigenvalue weighted by molar-refractivity contribution is 6.03. The summed E-state index contributed by atoms with van der Waals surface area (Å²) in [5.74, 6) is -0.150. The summed E-state index contributed by atoms with van der Waals surface area (Å²) >= 11 is 0. The molecule has 0 bridgehead atoms. The molecular weight excluding hydrogens is 360 g/mol. The quantitative estimate of drug-likeness (QED) is 0.581. The molecule has 0 unspecified atom stereocenters. The van der Waals surface area contributed by atoms with Gasteiger partial charge in [-0.25, -0.2) is 0 Å². The first kappa shape index (κ1) is 20.1. The minimum atomic E-state index is -0.103. The van der Waals surface area contributed by atoms with E-state index in [1.165, 1.54) is 4.90 Å². The molecule has 4 nitrogen and oxygen atoms in total. The number of carbonyl (C=O) groups is 2. The molecule has 0 aromatic heterocycles. The molecule has 146 valence electrons. The third kappa shape index (κ3) is 5.42. The maximum atomic E-state index is 13.0. The highest BCUT2D eigenvalue weighted by Gasteiger charge is 2.13. The summed E-state index contributed by atoms with van der Waals surface area (Å²) in [5.41, 5.74) is 3.39. The maximum Gasteiger partial charge on any atom is 0.253 e. The van der Waals surface area contributed by atoms with Crippen molar-refractivity contribution < 1.29 is 9.59 Å². The molecule has 0 saturated heterocycles. The minimum absolute atomic E-state index is 0.0466. The Hall–Kier alpha value is -3.66. The molecule has 29 heavy (non-hydrogen) atoms. The van der Waals surface area contributed by atoms with E-state index >= 15 is 0 Å². The molecule has 0 aliphatic rings. The normalized spacial score (nSPS) is 10.7. The predicted octanol–water partition coefficient (Wildman–Crippen LogP) is 4.64. The van der Waals surface area contributed by atoms with E-state index in [9.17, 15) is 9.59 Å². The maximum absolute atomic E-state index is 13.0. The van der Waals surface area contributed by atoms with Gasteiger partial charge in [0.1, 0.15) is 0 Å². The third-order valence-corrected chi connectivity index (χ3v) is 4.50. The average molecular weight is 384 g/mol. The summed E-state index contributed by atoms with van der Waals surface area (Å²) in [6.07, 6.45) is 3.34. The molecule has 0 spiro atoms. The van der Waals surface area contributed by atoms with E-state index in [0.717, 1.165) is 16.8 Å². The lowest BCUT2D eigenvalue weighted by Crippen LogP contribution is -2.28. The Bertz CT molecular complexity index is 978. The van der Waals surface area contributed by atoms with E-state index in [-0.39, 0.29) is 11.8 Å². The van der Waals surface area contributed by atoms with Crippen molar-refractivity contribution >= 4 is 23.6 Å². The van der Waals surface area contributed by atoms with Gasteiger partial charge in [-0.15, -0.1) is 0 Å². The Morgan fingerprint density at radius 3 is 1.97 bits per heavy atom. The predicted molar refractivity (Wildman–Crippen MR) is 118 cm³/mol. The fraction of sp³-hybridized carbons (Fsp3) is 0.120. The van der Waals surface area contributed by atoms with E-state index in [4.69, 9.17) is 0 Å². The Balaban J connectivity index is 1.78. The number of nitrogens with zero attached hydrogens (tertiary/aromatic N) is 2. The van der Waals surface area contributed by atoms with Crippen LogP contribution in [0.3, 0.4) is 0 Å². The van der Waals surface area contributed by atoms with Crippen molar-refractivity contribution in [2.24, 2.45) is 0 Å². The molecule has 0 saturated carbocycles. The Morgan fingerprint density at radius 1 is 0.793 bits per heavy atom. The van der Waals surface area contributed by atoms with Crippen molar-refractivity contribution in [1.82, 2.24) is 4.90 Å². The van der Waals surface area contributed by atoms with Crippen LogP contribution in [-0.4, -0.2) is 30.8 Å². The molecule has 0 N–H and O–H groups in total. The molecule has 0 heterocycles. The van der Waals surface area contributed by atoms with Crippen LogP contribution in [0.1, 0.15) is 21.5 Å². The highest BCUT2D eigenvalue weighted by Crippen LogP contribution is 2.18. The van der Waals surface area contributed by atoms with Crippen LogP contribution in [0.15, 0.2) is 91.0 Å². The lowest BCUT2D eigenvalue weighted by atomic mass is 10.1. The SMILES string of the molecule is CN(C)C(=O)c1ccc(/C=C/C(=O)N(Cc2ccccc2)c2ccccc2)cc1. The Labute approximate surface area is 171 Å². The van der Waals surface area contributed by atoms with Crippen molar-refractivity contribution in [2.45, 2.75) is 6.54 Å². The van der Waals surface area contributed by atoms with Crippen molar-refractivity contribution in [2.75, 3.05) is 19.0 Å². The van der Waals surface area contributed by atoms with Crippen molar-refractivity contribution in [3.63, 3.8) is 0 Å². The smallest absolute Gasteiger partial charge is 0.253 e. The zero-order valence-corrected chi connectivity index (χ0v) is 16.7. The number of carbonyl (C=O) groups excluding carboxylic acids is 2. The van der Waals surface area contributed by atoms with E-state index in [1.54, 1.807) is 43.3 Å². The van der Waals surface area contributed by atoms with E-state index in [0.29, 0.717) is 12.1 Å². The van der Waals surface area contributed by atoms with Crippen LogP contribution in [0.25, 0.3) is 6.08 Å². The molecule has 0 atom stereocenters. The van der Waals surface area contributed by atoms with Gasteiger partial charge in [0.2, 0.25) is 0 Å². The van der Waals surface area contributed by atoms with Crippen LogP contribution in [0.4, 0.5) is 5.69 Å². The van der Waals surface area contributed by atoms with Crippen LogP contribution < -0.4 is 4.90 Å². The molecule has 0 radical (unpaired) electrons. The third-order valence-electron chi connectivity index (χ3n) is 4.50. The summed E-state index contributed by atoms with van der Waals surface area (Å²) in [4.78, 5) is 28.2. The monoisotopic (exact) mass is 384 g/mol. The van der Waals surface area contributed by atoms with Crippen LogP contribution >= 0.6 is 0 Å². The standard InChI is InChI=1S/C25H24N2O2/c1-26(2)25(29)22-16-13-20(14-17-22)15-18-24(28)27(23-11-7-4-8-12-23)19-21-9-5-3-6-10-21/h3-18H,19H2,1-2H3/b18-15+. The lowest BCUT2D eigenvalue weighted by Gasteiger charge is -2.21. The molecule has 0 aliphatic carbocycles. The summed E-state index contributed by atoms with van der Waals surface area (Å²) in [7, 11) is 3.44. The topological polar surface area (TPSA) is 40.6 Å². The summed E-state index contributed by atoms with van der Waals surface area (Å²) in [6, 6.07) is 26.8. The van der Waals surface area contributed by atoms with Crippen LogP contribution in [0, 0.1) is 0 Å². The van der Waals surface area contributed by atoms with E-state index < -0.39 is 0 Å². The number of amides is 2. The molecule has 3 aromatic carbocycles. The Morgan fingerprint density at radius 2 is 1.38 bits per heavy atom. The van der Waals surface area contributed by atoms with E-state index in [2.05, 4.69) is 0 Å². The zero-order chi connectivity index (χ0) is 20.6. The second kappa shape index (κ2) is 9.51. The zero-order valence-electron chi connectivity index (χ0n) is 16.7. The lowest BCUT2D eigenvalue weighted by molar-refractivity contribution is -0.114. The number of anilines is 1. The number of benzene rings is 3. The molecular formula is C25H24N2O2. The first-order valence-corrected chi connectivity index (χ1v) is 9.45. The van der Waals surface area contributed by atoms with E-state index in [1.807, 2.05) is 72.8 Å². The largest absolute Gasteiger partial charge is 0.345 e.